The summed E-state index contributed by atoms with van der Waals surface area (Å²) < 4.78 is 1.82. The van der Waals surface area contributed by atoms with Crippen LogP contribution >= 0.6 is 0 Å². The van der Waals surface area contributed by atoms with Crippen molar-refractivity contribution in [2.75, 3.05) is 0 Å². The highest BCUT2D eigenvalue weighted by atomic mass is 15.3. The standard InChI is InChI=1S/C13H13N3/c1-10-3-5-11(6-4-10)13-9-12(7-8-14)15-16(13)2/h3-6,9H,7H2,1-2H3. The van der Waals surface area contributed by atoms with Gasteiger partial charge in [-0.25, -0.2) is 0 Å². The first-order chi connectivity index (χ1) is 7.70. The number of benzene rings is 1. The van der Waals surface area contributed by atoms with E-state index >= 15 is 0 Å². The van der Waals surface area contributed by atoms with Crippen LogP contribution in [-0.2, 0) is 13.5 Å². The van der Waals surface area contributed by atoms with Crippen LogP contribution in [-0.4, -0.2) is 9.78 Å². The molecule has 0 saturated carbocycles. The normalized spacial score (nSPS) is 10.1. The summed E-state index contributed by atoms with van der Waals surface area (Å²) >= 11 is 0. The lowest BCUT2D eigenvalue weighted by Gasteiger charge is -2.01. The Morgan fingerprint density at radius 3 is 2.62 bits per heavy atom. The molecular weight excluding hydrogens is 198 g/mol. The highest BCUT2D eigenvalue weighted by Gasteiger charge is 2.06. The molecule has 3 heteroatoms. The third-order valence-corrected chi connectivity index (χ3v) is 2.54. The monoisotopic (exact) mass is 211 g/mol. The number of nitrogens with zero attached hydrogens (tertiary/aromatic N) is 3. The van der Waals surface area contributed by atoms with Gasteiger partial charge in [0.2, 0.25) is 0 Å². The lowest BCUT2D eigenvalue weighted by Crippen LogP contribution is -1.94. The van der Waals surface area contributed by atoms with E-state index in [9.17, 15) is 0 Å². The molecule has 0 unspecified atom stereocenters. The molecule has 0 aliphatic carbocycles. The average Bonchev–Trinajstić information content (AvgIpc) is 2.61. The number of nitriles is 1. The predicted molar refractivity (Wildman–Crippen MR) is 62.7 cm³/mol. The molecule has 1 heterocycles. The van der Waals surface area contributed by atoms with Crippen molar-refractivity contribution in [2.24, 2.45) is 7.05 Å². The molecule has 80 valence electrons. The fourth-order valence-corrected chi connectivity index (χ4v) is 1.69. The first-order valence-electron chi connectivity index (χ1n) is 5.17. The Balaban J connectivity index is 2.40. The number of hydrogen-bond acceptors (Lipinski definition) is 2. The quantitative estimate of drug-likeness (QED) is 0.765. The maximum absolute atomic E-state index is 8.63. The van der Waals surface area contributed by atoms with Gasteiger partial charge in [-0.1, -0.05) is 29.8 Å². The van der Waals surface area contributed by atoms with Gasteiger partial charge in [-0.15, -0.1) is 0 Å². The van der Waals surface area contributed by atoms with Crippen molar-refractivity contribution in [2.45, 2.75) is 13.3 Å². The number of aryl methyl sites for hydroxylation is 2. The minimum absolute atomic E-state index is 0.361. The molecular formula is C13H13N3. The van der Waals surface area contributed by atoms with E-state index in [1.54, 1.807) is 0 Å². The van der Waals surface area contributed by atoms with Crippen molar-refractivity contribution in [3.63, 3.8) is 0 Å². The van der Waals surface area contributed by atoms with Gasteiger partial charge < -0.3 is 0 Å². The second-order valence-corrected chi connectivity index (χ2v) is 3.85. The largest absolute Gasteiger partial charge is 0.268 e. The number of hydrogen-bond donors (Lipinski definition) is 0. The van der Waals surface area contributed by atoms with E-state index in [0.717, 1.165) is 17.0 Å². The third-order valence-electron chi connectivity index (χ3n) is 2.54. The first kappa shape index (κ1) is 10.4. The molecule has 16 heavy (non-hydrogen) atoms. The molecule has 0 aliphatic heterocycles. The van der Waals surface area contributed by atoms with Gasteiger partial charge >= 0.3 is 0 Å². The fraction of sp³-hybridized carbons (Fsp3) is 0.231. The van der Waals surface area contributed by atoms with Gasteiger partial charge in [0.25, 0.3) is 0 Å². The van der Waals surface area contributed by atoms with Crippen molar-refractivity contribution >= 4 is 0 Å². The molecule has 1 aromatic carbocycles. The molecule has 0 aliphatic rings. The van der Waals surface area contributed by atoms with Crippen molar-refractivity contribution < 1.29 is 0 Å². The molecule has 0 spiro atoms. The predicted octanol–water partition coefficient (Wildman–Crippen LogP) is 2.46. The van der Waals surface area contributed by atoms with Crippen molar-refractivity contribution in [1.29, 1.82) is 5.26 Å². The van der Waals surface area contributed by atoms with E-state index in [2.05, 4.69) is 42.4 Å². The van der Waals surface area contributed by atoms with Gasteiger partial charge in [0.1, 0.15) is 0 Å². The van der Waals surface area contributed by atoms with E-state index in [0.29, 0.717) is 6.42 Å². The van der Waals surface area contributed by atoms with Crippen LogP contribution in [0.3, 0.4) is 0 Å². The van der Waals surface area contributed by atoms with Crippen LogP contribution in [0.2, 0.25) is 0 Å². The second kappa shape index (κ2) is 4.19. The Bertz CT molecular complexity index is 529. The average molecular weight is 211 g/mol. The summed E-state index contributed by atoms with van der Waals surface area (Å²) in [5, 5.41) is 12.9. The van der Waals surface area contributed by atoms with Crippen LogP contribution in [0, 0.1) is 18.3 Å². The molecule has 0 amide bonds. The smallest absolute Gasteiger partial charge is 0.0793 e. The zero-order chi connectivity index (χ0) is 11.5. The van der Waals surface area contributed by atoms with Crippen LogP contribution in [0.4, 0.5) is 0 Å². The van der Waals surface area contributed by atoms with Crippen LogP contribution in [0.25, 0.3) is 11.3 Å². The SMILES string of the molecule is Cc1ccc(-c2cc(CC#N)nn2C)cc1. The van der Waals surface area contributed by atoms with E-state index in [-0.39, 0.29) is 0 Å². The molecule has 0 bridgehead atoms. The summed E-state index contributed by atoms with van der Waals surface area (Å²) in [7, 11) is 1.90. The lowest BCUT2D eigenvalue weighted by atomic mass is 10.1. The van der Waals surface area contributed by atoms with Gasteiger partial charge in [-0.05, 0) is 18.6 Å². The van der Waals surface area contributed by atoms with Crippen LogP contribution < -0.4 is 0 Å². The molecule has 3 nitrogen and oxygen atoms in total. The Hall–Kier alpha value is -2.08. The second-order valence-electron chi connectivity index (χ2n) is 3.85. The molecule has 0 radical (unpaired) electrons. The van der Waals surface area contributed by atoms with Crippen molar-refractivity contribution in [3.8, 4) is 17.3 Å². The number of rotatable bonds is 2. The van der Waals surface area contributed by atoms with Crippen LogP contribution in [0.5, 0.6) is 0 Å². The van der Waals surface area contributed by atoms with Gasteiger partial charge in [0.15, 0.2) is 0 Å². The van der Waals surface area contributed by atoms with Crippen LogP contribution in [0.1, 0.15) is 11.3 Å². The Kier molecular flexibility index (Phi) is 2.74. The fourth-order valence-electron chi connectivity index (χ4n) is 1.69. The van der Waals surface area contributed by atoms with Gasteiger partial charge in [-0.3, -0.25) is 4.68 Å². The molecule has 1 aromatic heterocycles. The van der Waals surface area contributed by atoms with Gasteiger partial charge in [0.05, 0.1) is 23.9 Å². The molecule has 2 rings (SSSR count). The maximum Gasteiger partial charge on any atom is 0.0793 e. The minimum Gasteiger partial charge on any atom is -0.268 e. The van der Waals surface area contributed by atoms with E-state index in [1.807, 2.05) is 17.8 Å². The third kappa shape index (κ3) is 1.96. The summed E-state index contributed by atoms with van der Waals surface area (Å²) in [6.45, 7) is 2.06. The van der Waals surface area contributed by atoms with Gasteiger partial charge in [0, 0.05) is 7.05 Å². The first-order valence-corrected chi connectivity index (χ1v) is 5.17. The van der Waals surface area contributed by atoms with E-state index < -0.39 is 0 Å². The summed E-state index contributed by atoms with van der Waals surface area (Å²) in [6.07, 6.45) is 0.361. The molecule has 2 aromatic rings. The summed E-state index contributed by atoms with van der Waals surface area (Å²) in [5.74, 6) is 0. The maximum atomic E-state index is 8.63. The van der Waals surface area contributed by atoms with Crippen LogP contribution in [0.15, 0.2) is 30.3 Å². The summed E-state index contributed by atoms with van der Waals surface area (Å²) in [6, 6.07) is 12.4. The molecule has 0 N–H and O–H groups in total. The van der Waals surface area contributed by atoms with Gasteiger partial charge in [-0.2, -0.15) is 10.4 Å². The molecule has 0 atom stereocenters. The Labute approximate surface area is 94.9 Å². The summed E-state index contributed by atoms with van der Waals surface area (Å²) in [5.41, 5.74) is 4.23. The summed E-state index contributed by atoms with van der Waals surface area (Å²) in [4.78, 5) is 0. The number of aromatic nitrogens is 2. The van der Waals surface area contributed by atoms with Crippen molar-refractivity contribution in [1.82, 2.24) is 9.78 Å². The molecule has 0 fully saturated rings. The minimum atomic E-state index is 0.361. The highest BCUT2D eigenvalue weighted by Crippen LogP contribution is 2.20. The zero-order valence-electron chi connectivity index (χ0n) is 9.44. The van der Waals surface area contributed by atoms with E-state index in [4.69, 9.17) is 5.26 Å². The Morgan fingerprint density at radius 2 is 2.00 bits per heavy atom. The van der Waals surface area contributed by atoms with E-state index in [1.165, 1.54) is 5.56 Å². The highest BCUT2D eigenvalue weighted by molar-refractivity contribution is 5.60. The Morgan fingerprint density at radius 1 is 1.31 bits per heavy atom. The zero-order valence-corrected chi connectivity index (χ0v) is 9.44. The lowest BCUT2D eigenvalue weighted by molar-refractivity contribution is 0.759. The molecule has 0 saturated heterocycles. The van der Waals surface area contributed by atoms with Crippen molar-refractivity contribution in [3.05, 3.63) is 41.6 Å². The topological polar surface area (TPSA) is 41.6 Å².